The zero-order chi connectivity index (χ0) is 21.9. The summed E-state index contributed by atoms with van der Waals surface area (Å²) < 4.78 is 0. The summed E-state index contributed by atoms with van der Waals surface area (Å²) in [5, 5.41) is 14.7. The molecule has 1 saturated heterocycles. The number of hydrogen-bond donors (Lipinski definition) is 1. The van der Waals surface area contributed by atoms with Gasteiger partial charge in [0, 0.05) is 31.7 Å². The van der Waals surface area contributed by atoms with Gasteiger partial charge in [0.15, 0.2) is 5.82 Å². The summed E-state index contributed by atoms with van der Waals surface area (Å²) in [6, 6.07) is 25.7. The molecule has 1 aromatic heterocycles. The van der Waals surface area contributed by atoms with Gasteiger partial charge in [0.25, 0.3) is 0 Å². The molecule has 32 heavy (non-hydrogen) atoms. The maximum atomic E-state index is 12.6. The number of para-hydroxylation sites is 1. The minimum atomic E-state index is -0.143. The lowest BCUT2D eigenvalue weighted by atomic mass is 10.1. The van der Waals surface area contributed by atoms with E-state index < -0.39 is 0 Å². The molecule has 4 aromatic rings. The predicted octanol–water partition coefficient (Wildman–Crippen LogP) is 5.30. The quantitative estimate of drug-likeness (QED) is 0.466. The second-order valence-corrected chi connectivity index (χ2v) is 8.13. The highest BCUT2D eigenvalue weighted by Crippen LogP contribution is 2.24. The maximum absolute atomic E-state index is 12.6. The first-order valence-electron chi connectivity index (χ1n) is 10.6. The zero-order valence-corrected chi connectivity index (χ0v) is 18.2. The van der Waals surface area contributed by atoms with Crippen LogP contribution in [-0.4, -0.2) is 47.3 Å². The number of amides is 2. The Morgan fingerprint density at radius 2 is 1.56 bits per heavy atom. The van der Waals surface area contributed by atoms with Gasteiger partial charge < -0.3 is 15.1 Å². The van der Waals surface area contributed by atoms with Crippen LogP contribution in [0.15, 0.2) is 78.9 Å². The standard InChI is InChI=1S/C25H22ClN5O/c26-21-7-3-4-8-23(21)27-25(32)31-15-13-30(14-16-31)24-12-11-22(28-29-24)20-10-9-18-5-1-2-6-19(18)17-20/h1-12,17H,13-16H2,(H,27,32). The number of nitrogens with one attached hydrogen (secondary N) is 1. The molecule has 0 spiro atoms. The summed E-state index contributed by atoms with van der Waals surface area (Å²) in [6.07, 6.45) is 0. The fourth-order valence-corrected chi connectivity index (χ4v) is 4.07. The summed E-state index contributed by atoms with van der Waals surface area (Å²) in [5.74, 6) is 0.820. The van der Waals surface area contributed by atoms with Crippen molar-refractivity contribution in [1.82, 2.24) is 15.1 Å². The Kier molecular flexibility index (Phi) is 5.60. The third kappa shape index (κ3) is 4.22. The number of fused-ring (bicyclic) bond motifs is 1. The Balaban J connectivity index is 1.22. The van der Waals surface area contributed by atoms with Gasteiger partial charge >= 0.3 is 6.03 Å². The topological polar surface area (TPSA) is 61.4 Å². The van der Waals surface area contributed by atoms with Crippen LogP contribution in [-0.2, 0) is 0 Å². The highest BCUT2D eigenvalue weighted by atomic mass is 35.5. The van der Waals surface area contributed by atoms with Crippen LogP contribution in [0, 0.1) is 0 Å². The van der Waals surface area contributed by atoms with Gasteiger partial charge in [-0.2, -0.15) is 0 Å². The number of urea groups is 1. The third-order valence-corrected chi connectivity index (χ3v) is 6.03. The predicted molar refractivity (Wildman–Crippen MR) is 129 cm³/mol. The molecule has 2 heterocycles. The van der Waals surface area contributed by atoms with Crippen molar-refractivity contribution in [2.24, 2.45) is 0 Å². The molecule has 0 unspecified atom stereocenters. The largest absolute Gasteiger partial charge is 0.352 e. The van der Waals surface area contributed by atoms with Crippen molar-refractivity contribution < 1.29 is 4.79 Å². The lowest BCUT2D eigenvalue weighted by Crippen LogP contribution is -2.50. The Labute approximate surface area is 191 Å². The molecule has 0 bridgehead atoms. The van der Waals surface area contributed by atoms with Crippen LogP contribution < -0.4 is 10.2 Å². The van der Waals surface area contributed by atoms with Crippen LogP contribution in [0.5, 0.6) is 0 Å². The Bertz CT molecular complexity index is 1250. The molecular weight excluding hydrogens is 422 g/mol. The fraction of sp³-hybridized carbons (Fsp3) is 0.160. The minimum Gasteiger partial charge on any atom is -0.352 e. The number of halogens is 1. The molecule has 3 aromatic carbocycles. The summed E-state index contributed by atoms with van der Waals surface area (Å²) >= 11 is 6.14. The second-order valence-electron chi connectivity index (χ2n) is 7.72. The van der Waals surface area contributed by atoms with Gasteiger partial charge in [0.2, 0.25) is 0 Å². The summed E-state index contributed by atoms with van der Waals surface area (Å²) in [5.41, 5.74) is 2.51. The monoisotopic (exact) mass is 443 g/mol. The Morgan fingerprint density at radius 3 is 2.31 bits per heavy atom. The number of benzene rings is 3. The molecule has 6 nitrogen and oxygen atoms in total. The number of carbonyl (C=O) groups is 1. The molecule has 1 N–H and O–H groups in total. The van der Waals surface area contributed by atoms with E-state index in [1.165, 1.54) is 10.8 Å². The van der Waals surface area contributed by atoms with Gasteiger partial charge in [0.05, 0.1) is 16.4 Å². The third-order valence-electron chi connectivity index (χ3n) is 5.70. The minimum absolute atomic E-state index is 0.143. The molecule has 1 aliphatic rings. The number of aromatic nitrogens is 2. The second kappa shape index (κ2) is 8.85. The van der Waals surface area contributed by atoms with E-state index in [-0.39, 0.29) is 6.03 Å². The van der Waals surface area contributed by atoms with E-state index >= 15 is 0 Å². The van der Waals surface area contributed by atoms with Crippen molar-refractivity contribution in [3.8, 4) is 11.3 Å². The molecule has 160 valence electrons. The molecule has 2 amide bonds. The van der Waals surface area contributed by atoms with Crippen LogP contribution in [0.25, 0.3) is 22.0 Å². The first kappa shape index (κ1) is 20.3. The van der Waals surface area contributed by atoms with E-state index in [2.05, 4.69) is 50.7 Å². The Hall–Kier alpha value is -3.64. The van der Waals surface area contributed by atoms with Crippen LogP contribution in [0.3, 0.4) is 0 Å². The highest BCUT2D eigenvalue weighted by molar-refractivity contribution is 6.33. The van der Waals surface area contributed by atoms with Crippen LogP contribution >= 0.6 is 11.6 Å². The van der Waals surface area contributed by atoms with Gasteiger partial charge in [-0.15, -0.1) is 10.2 Å². The molecule has 0 atom stereocenters. The van der Waals surface area contributed by atoms with Crippen molar-refractivity contribution >= 4 is 39.9 Å². The van der Waals surface area contributed by atoms with Crippen molar-refractivity contribution in [2.45, 2.75) is 0 Å². The molecule has 5 rings (SSSR count). The number of nitrogens with zero attached hydrogens (tertiary/aromatic N) is 4. The van der Waals surface area contributed by atoms with Crippen LogP contribution in [0.4, 0.5) is 16.3 Å². The lowest BCUT2D eigenvalue weighted by molar-refractivity contribution is 0.208. The smallest absolute Gasteiger partial charge is 0.322 e. The molecular formula is C25H22ClN5O. The average Bonchev–Trinajstić information content (AvgIpc) is 2.85. The van der Waals surface area contributed by atoms with Crippen LogP contribution in [0.2, 0.25) is 5.02 Å². The molecule has 0 aliphatic carbocycles. The van der Waals surface area contributed by atoms with Crippen molar-refractivity contribution in [3.63, 3.8) is 0 Å². The van der Waals surface area contributed by atoms with E-state index in [0.29, 0.717) is 36.9 Å². The molecule has 1 fully saturated rings. The first-order valence-corrected chi connectivity index (χ1v) is 10.9. The van der Waals surface area contributed by atoms with E-state index in [0.717, 1.165) is 17.1 Å². The van der Waals surface area contributed by atoms with Gasteiger partial charge in [-0.05, 0) is 41.1 Å². The fourth-order valence-electron chi connectivity index (χ4n) is 3.89. The highest BCUT2D eigenvalue weighted by Gasteiger charge is 2.22. The maximum Gasteiger partial charge on any atom is 0.322 e. The summed E-state index contributed by atoms with van der Waals surface area (Å²) in [7, 11) is 0. The first-order chi connectivity index (χ1) is 15.7. The number of rotatable bonds is 3. The van der Waals surface area contributed by atoms with Gasteiger partial charge in [0.1, 0.15) is 0 Å². The van der Waals surface area contributed by atoms with Gasteiger partial charge in [-0.3, -0.25) is 0 Å². The van der Waals surface area contributed by atoms with Gasteiger partial charge in [-0.25, -0.2) is 4.79 Å². The van der Waals surface area contributed by atoms with E-state index in [1.807, 2.05) is 36.4 Å². The summed E-state index contributed by atoms with van der Waals surface area (Å²) in [6.45, 7) is 2.59. The van der Waals surface area contributed by atoms with Crippen molar-refractivity contribution in [1.29, 1.82) is 0 Å². The number of piperazine rings is 1. The normalized spacial score (nSPS) is 13.9. The zero-order valence-electron chi connectivity index (χ0n) is 17.4. The average molecular weight is 444 g/mol. The van der Waals surface area contributed by atoms with Gasteiger partial charge in [-0.1, -0.05) is 60.1 Å². The molecule has 0 radical (unpaired) electrons. The number of anilines is 2. The number of hydrogen-bond acceptors (Lipinski definition) is 4. The van der Waals surface area contributed by atoms with Crippen molar-refractivity contribution in [2.75, 3.05) is 36.4 Å². The molecule has 1 aliphatic heterocycles. The van der Waals surface area contributed by atoms with Crippen LogP contribution in [0.1, 0.15) is 0 Å². The number of carbonyl (C=O) groups excluding carboxylic acids is 1. The lowest BCUT2D eigenvalue weighted by Gasteiger charge is -2.35. The van der Waals surface area contributed by atoms with E-state index in [9.17, 15) is 4.79 Å². The van der Waals surface area contributed by atoms with Crippen molar-refractivity contribution in [3.05, 3.63) is 83.9 Å². The Morgan fingerprint density at radius 1 is 0.812 bits per heavy atom. The SMILES string of the molecule is O=C(Nc1ccccc1Cl)N1CCN(c2ccc(-c3ccc4ccccc4c3)nn2)CC1. The molecule has 7 heteroatoms. The molecule has 0 saturated carbocycles. The van der Waals surface area contributed by atoms with E-state index in [1.54, 1.807) is 17.0 Å². The summed E-state index contributed by atoms with van der Waals surface area (Å²) in [4.78, 5) is 16.5. The van der Waals surface area contributed by atoms with E-state index in [4.69, 9.17) is 11.6 Å².